The van der Waals surface area contributed by atoms with Crippen LogP contribution < -0.4 is 0 Å². The third-order valence-electron chi connectivity index (χ3n) is 0.379. The monoisotopic (exact) mass is 172 g/mol. The van der Waals surface area contributed by atoms with E-state index in [9.17, 15) is 0 Å². The van der Waals surface area contributed by atoms with Crippen LogP contribution in [0.15, 0.2) is 17.5 Å². The van der Waals surface area contributed by atoms with Gasteiger partial charge in [-0.15, -0.1) is 5.38 Å². The summed E-state index contributed by atoms with van der Waals surface area (Å²) in [6.07, 6.45) is 0. The number of hydrogen-bond donors (Lipinski definition) is 0. The molecule has 0 spiro atoms. The summed E-state index contributed by atoms with van der Waals surface area (Å²) < 4.78 is 0. The Morgan fingerprint density at radius 3 is 2.50 bits per heavy atom. The normalized spacial score (nSPS) is 6.67. The molecule has 29 valence electrons. The van der Waals surface area contributed by atoms with Crippen molar-refractivity contribution in [1.29, 1.82) is 0 Å². The summed E-state index contributed by atoms with van der Waals surface area (Å²) in [5, 5.41) is 4.89. The van der Waals surface area contributed by atoms with E-state index in [2.05, 4.69) is 5.38 Å². The predicted octanol–water partition coefficient (Wildman–Crippen LogP) is 1.55. The maximum Gasteiger partial charge on any atom is 0 e. The molecule has 2 heteroatoms. The van der Waals surface area contributed by atoms with E-state index in [0.29, 0.717) is 0 Å². The molecule has 0 aliphatic rings. The Morgan fingerprint density at radius 2 is 2.33 bits per heavy atom. The molecule has 0 aliphatic carbocycles. The van der Waals surface area contributed by atoms with Crippen LogP contribution in [0.4, 0.5) is 0 Å². The molecule has 0 N–H and O–H groups in total. The molecule has 0 saturated heterocycles. The fraction of sp³-hybridized carbons (Fsp3) is 0. The van der Waals surface area contributed by atoms with Crippen LogP contribution in [-0.4, -0.2) is 0 Å². The van der Waals surface area contributed by atoms with Gasteiger partial charge in [0.25, 0.3) is 0 Å². The second kappa shape index (κ2) is 3.98. The average Bonchev–Trinajstić information content (AvgIpc) is 1.76. The smallest absolute Gasteiger partial charge is 0 e. The molecule has 0 amide bonds. The minimum atomic E-state index is 0. The summed E-state index contributed by atoms with van der Waals surface area (Å²) in [6.45, 7) is 0. The van der Waals surface area contributed by atoms with E-state index < -0.39 is 0 Å². The molecule has 0 atom stereocenters. The van der Waals surface area contributed by atoms with Crippen molar-refractivity contribution in [2.75, 3.05) is 0 Å². The first-order valence-electron chi connectivity index (χ1n) is 1.40. The molecule has 0 saturated carbocycles. The van der Waals surface area contributed by atoms with Crippen LogP contribution in [0.3, 0.4) is 0 Å². The minimum absolute atomic E-state index is 0. The Balaban J connectivity index is 0.000000250. The Kier molecular flexibility index (Phi) is 4.51. The summed E-state index contributed by atoms with van der Waals surface area (Å²) in [7, 11) is 0. The first-order chi connectivity index (χ1) is 2.50. The molecule has 1 aromatic rings. The summed E-state index contributed by atoms with van der Waals surface area (Å²) in [4.78, 5) is 0. The van der Waals surface area contributed by atoms with Crippen molar-refractivity contribution in [2.24, 2.45) is 0 Å². The van der Waals surface area contributed by atoms with E-state index >= 15 is 0 Å². The van der Waals surface area contributed by atoms with Crippen LogP contribution in [0.25, 0.3) is 0 Å². The van der Waals surface area contributed by atoms with Crippen LogP contribution in [0.5, 0.6) is 0 Å². The van der Waals surface area contributed by atoms with E-state index in [1.165, 1.54) is 0 Å². The summed E-state index contributed by atoms with van der Waals surface area (Å²) in [5.41, 5.74) is 0. The zero-order valence-electron chi connectivity index (χ0n) is 3.22. The largest absolute Gasteiger partial charge is 0.304 e. The standard InChI is InChI=1S/C4H3S.Y/c1-2-4-5-3-1;/h1-3H;/q-1;. The molecule has 0 aromatic carbocycles. The van der Waals surface area contributed by atoms with Crippen molar-refractivity contribution in [2.45, 2.75) is 0 Å². The quantitative estimate of drug-likeness (QED) is 0.520. The molecule has 0 bridgehead atoms. The van der Waals surface area contributed by atoms with Gasteiger partial charge in [0.1, 0.15) is 0 Å². The first-order valence-corrected chi connectivity index (χ1v) is 2.27. The fourth-order valence-electron chi connectivity index (χ4n) is 0.196. The zero-order chi connectivity index (χ0) is 3.54. The zero-order valence-corrected chi connectivity index (χ0v) is 6.87. The molecule has 1 aromatic heterocycles. The molecule has 0 nitrogen and oxygen atoms in total. The second-order valence-corrected chi connectivity index (χ2v) is 1.47. The molecular formula is C4H3SY-. The van der Waals surface area contributed by atoms with Crippen molar-refractivity contribution in [3.63, 3.8) is 0 Å². The van der Waals surface area contributed by atoms with E-state index in [4.69, 9.17) is 0 Å². The molecule has 0 aliphatic heterocycles. The van der Waals surface area contributed by atoms with Gasteiger partial charge in [0.15, 0.2) is 0 Å². The van der Waals surface area contributed by atoms with Gasteiger partial charge in [-0.1, -0.05) is 0 Å². The van der Waals surface area contributed by atoms with Crippen LogP contribution >= 0.6 is 11.3 Å². The minimum Gasteiger partial charge on any atom is -0.304 e. The molecule has 1 rings (SSSR count). The molecular weight excluding hydrogens is 169 g/mol. The molecule has 0 fully saturated rings. The van der Waals surface area contributed by atoms with Crippen molar-refractivity contribution in [3.8, 4) is 0 Å². The Hall–Kier alpha value is 0.804. The predicted molar refractivity (Wildman–Crippen MR) is 23.2 cm³/mol. The van der Waals surface area contributed by atoms with Gasteiger partial charge in [-0.2, -0.15) is 11.4 Å². The van der Waals surface area contributed by atoms with Gasteiger partial charge in [-0.3, -0.25) is 0 Å². The van der Waals surface area contributed by atoms with Crippen molar-refractivity contribution in [3.05, 3.63) is 22.9 Å². The van der Waals surface area contributed by atoms with Gasteiger partial charge < -0.3 is 11.3 Å². The van der Waals surface area contributed by atoms with Gasteiger partial charge in [-0.05, 0) is 0 Å². The Bertz CT molecular complexity index is 64.0. The molecule has 6 heavy (non-hydrogen) atoms. The number of hydrogen-bond acceptors (Lipinski definition) is 1. The van der Waals surface area contributed by atoms with Crippen LogP contribution in [-0.2, 0) is 32.7 Å². The topological polar surface area (TPSA) is 0 Å². The fourth-order valence-corrected chi connectivity index (χ4v) is 0.589. The average molecular weight is 172 g/mol. The van der Waals surface area contributed by atoms with Crippen LogP contribution in [0.1, 0.15) is 0 Å². The maximum atomic E-state index is 2.90. The molecule has 1 radical (unpaired) electrons. The summed E-state index contributed by atoms with van der Waals surface area (Å²) in [5.74, 6) is 0. The Morgan fingerprint density at radius 1 is 1.50 bits per heavy atom. The first kappa shape index (κ1) is 6.80. The van der Waals surface area contributed by atoms with Crippen LogP contribution in [0.2, 0.25) is 0 Å². The second-order valence-electron chi connectivity index (χ2n) is 0.731. The third kappa shape index (κ3) is 2.06. The van der Waals surface area contributed by atoms with Gasteiger partial charge in [0, 0.05) is 32.7 Å². The van der Waals surface area contributed by atoms with E-state index in [1.807, 2.05) is 17.5 Å². The van der Waals surface area contributed by atoms with E-state index in [0.717, 1.165) is 0 Å². The number of thiophene rings is 1. The van der Waals surface area contributed by atoms with E-state index in [-0.39, 0.29) is 32.7 Å². The SMILES string of the molecule is [Y].[c-]1cccs1. The van der Waals surface area contributed by atoms with Gasteiger partial charge >= 0.3 is 0 Å². The van der Waals surface area contributed by atoms with Gasteiger partial charge in [0.05, 0.1) is 0 Å². The van der Waals surface area contributed by atoms with Crippen molar-refractivity contribution >= 4 is 11.3 Å². The van der Waals surface area contributed by atoms with Crippen molar-refractivity contribution < 1.29 is 32.7 Å². The van der Waals surface area contributed by atoms with Crippen molar-refractivity contribution in [1.82, 2.24) is 0 Å². The van der Waals surface area contributed by atoms with Gasteiger partial charge in [-0.25, -0.2) is 6.07 Å². The number of rotatable bonds is 0. The van der Waals surface area contributed by atoms with Gasteiger partial charge in [0.2, 0.25) is 0 Å². The summed E-state index contributed by atoms with van der Waals surface area (Å²) >= 11 is 1.59. The summed E-state index contributed by atoms with van der Waals surface area (Å²) in [6, 6.07) is 3.86. The van der Waals surface area contributed by atoms with Crippen LogP contribution in [0, 0.1) is 5.38 Å². The maximum absolute atomic E-state index is 2.90. The molecule has 0 unspecified atom stereocenters. The van der Waals surface area contributed by atoms with E-state index in [1.54, 1.807) is 11.3 Å². The third-order valence-corrected chi connectivity index (χ3v) is 0.944. The molecule has 1 heterocycles. The Labute approximate surface area is 66.5 Å².